The van der Waals surface area contributed by atoms with Crippen LogP contribution in [-0.2, 0) is 61.1 Å². The van der Waals surface area contributed by atoms with Gasteiger partial charge in [-0.3, -0.25) is 18.6 Å². The Bertz CT molecular complexity index is 2000. The van der Waals surface area contributed by atoms with E-state index in [9.17, 15) is 90.5 Å². The highest BCUT2D eigenvalue weighted by molar-refractivity contribution is 7.47. The number of aliphatic hydroxyl groups excluding tert-OH is 14. The number of phosphoric ester groups is 1. The molecule has 4 fully saturated rings. The van der Waals surface area contributed by atoms with E-state index in [1.165, 1.54) is 122 Å². The van der Waals surface area contributed by atoms with Crippen molar-refractivity contribution in [2.75, 3.05) is 33.0 Å². The predicted molar refractivity (Wildman–Crippen MR) is 333 cm³/mol. The van der Waals surface area contributed by atoms with Gasteiger partial charge in [-0.25, -0.2) is 4.57 Å². The molecule has 10 unspecified atom stereocenters. The molecule has 1 aliphatic carbocycles. The number of rotatable bonds is 50. The Hall–Kier alpha value is -1.75. The van der Waals surface area contributed by atoms with Gasteiger partial charge in [0.15, 0.2) is 25.0 Å². The van der Waals surface area contributed by atoms with Gasteiger partial charge in [0.25, 0.3) is 0 Å². The first-order valence-electron chi connectivity index (χ1n) is 34.9. The molecule has 0 amide bonds. The minimum absolute atomic E-state index is 0.0253. The molecule has 15 N–H and O–H groups in total. The zero-order valence-corrected chi connectivity index (χ0v) is 55.9. The van der Waals surface area contributed by atoms with Crippen LogP contribution in [0.15, 0.2) is 0 Å². The maximum absolute atomic E-state index is 14.3. The van der Waals surface area contributed by atoms with Crippen LogP contribution in [0.2, 0.25) is 0 Å². The number of ether oxygens (including phenoxy) is 8. The standard InChI is InChI=1S/C64H119O28P/c1-3-5-7-9-11-13-15-17-19-21-22-24-26-28-30-32-34-45(67)83-38-41(86-46(68)35-33-31-29-27-25-23-20-18-16-14-12-10-8-6-4-2)39-85-93(81,82)92-61-59(90-63-57(79)51(73)48(70)43(37-66)88-63)54(76)53(75)55(77)60(61)91-64-58(80)52(74)49(71)44(89-64)40-84-62-56(78)50(72)47(69)42(36-65)87-62/h41-44,47-66,69-80H,3-40H2,1-2H3,(H,81,82)/t41-,42?,43?,44?,47+,48-,49+,50?,51?,52?,53+,54?,55?,56+,57-,58+,59-,60?,61+,62-,63-,64+/m1/s1. The summed E-state index contributed by atoms with van der Waals surface area (Å²) >= 11 is 0. The molecule has 29 heteroatoms. The van der Waals surface area contributed by atoms with Gasteiger partial charge < -0.3 is 114 Å². The number of aliphatic hydroxyl groups is 14. The third-order valence-corrected chi connectivity index (χ3v) is 19.0. The second-order valence-corrected chi connectivity index (χ2v) is 27.2. The highest BCUT2D eigenvalue weighted by Gasteiger charge is 2.58. The number of esters is 2. The van der Waals surface area contributed by atoms with E-state index in [0.29, 0.717) is 19.3 Å². The summed E-state index contributed by atoms with van der Waals surface area (Å²) in [5.41, 5.74) is 0. The van der Waals surface area contributed by atoms with Crippen LogP contribution < -0.4 is 0 Å². The van der Waals surface area contributed by atoms with Crippen LogP contribution in [0.3, 0.4) is 0 Å². The fourth-order valence-electron chi connectivity index (χ4n) is 12.1. The third kappa shape index (κ3) is 29.5. The zero-order chi connectivity index (χ0) is 68.3. The second-order valence-electron chi connectivity index (χ2n) is 25.8. The Labute approximate surface area is 549 Å². The number of unbranched alkanes of at least 4 members (excludes halogenated alkanes) is 29. The van der Waals surface area contributed by atoms with E-state index in [1.54, 1.807) is 0 Å². The quantitative estimate of drug-likeness (QED) is 0.0236. The summed E-state index contributed by atoms with van der Waals surface area (Å²) in [6.45, 7) is 0.108. The minimum atomic E-state index is -5.75. The van der Waals surface area contributed by atoms with Crippen LogP contribution in [0.25, 0.3) is 0 Å². The molecule has 0 aromatic rings. The summed E-state index contributed by atoms with van der Waals surface area (Å²) < 4.78 is 70.0. The molecule has 0 aromatic heterocycles. The largest absolute Gasteiger partial charge is 0.472 e. The molecule has 3 aliphatic heterocycles. The number of hydrogen-bond acceptors (Lipinski definition) is 27. The van der Waals surface area contributed by atoms with Gasteiger partial charge in [-0.2, -0.15) is 0 Å². The molecule has 93 heavy (non-hydrogen) atoms. The summed E-state index contributed by atoms with van der Waals surface area (Å²) in [7, 11) is -5.75. The minimum Gasteiger partial charge on any atom is -0.462 e. The lowest BCUT2D eigenvalue weighted by Gasteiger charge is -2.49. The third-order valence-electron chi connectivity index (χ3n) is 18.0. The van der Waals surface area contributed by atoms with Gasteiger partial charge in [0.05, 0.1) is 26.4 Å². The van der Waals surface area contributed by atoms with Crippen molar-refractivity contribution in [3.63, 3.8) is 0 Å². The average molecular weight is 1370 g/mol. The van der Waals surface area contributed by atoms with E-state index >= 15 is 0 Å². The molecule has 3 heterocycles. The fraction of sp³-hybridized carbons (Fsp3) is 0.969. The molecular formula is C64H119O28P. The van der Waals surface area contributed by atoms with E-state index in [-0.39, 0.29) is 12.8 Å². The topological polar surface area (TPSA) is 447 Å². The number of carbonyl (C=O) groups is 2. The van der Waals surface area contributed by atoms with Gasteiger partial charge in [0, 0.05) is 12.8 Å². The summed E-state index contributed by atoms with van der Waals surface area (Å²) in [5, 5.41) is 150. The molecule has 548 valence electrons. The Balaban J connectivity index is 1.45. The predicted octanol–water partition coefficient (Wildman–Crippen LogP) is 3.15. The van der Waals surface area contributed by atoms with E-state index < -0.39 is 188 Å². The van der Waals surface area contributed by atoms with E-state index in [0.717, 1.165) is 57.8 Å². The molecule has 3 saturated heterocycles. The Morgan fingerprint density at radius 3 is 1.10 bits per heavy atom. The second kappa shape index (κ2) is 46.6. The number of carbonyl (C=O) groups excluding carboxylic acids is 2. The van der Waals surface area contributed by atoms with E-state index in [1.807, 2.05) is 0 Å². The molecule has 1 saturated carbocycles. The Kier molecular flexibility index (Phi) is 41.9. The van der Waals surface area contributed by atoms with Crippen molar-refractivity contribution in [2.24, 2.45) is 0 Å². The van der Waals surface area contributed by atoms with Crippen LogP contribution in [0.5, 0.6) is 0 Å². The Morgan fingerprint density at radius 1 is 0.387 bits per heavy atom. The summed E-state index contributed by atoms with van der Waals surface area (Å²) in [4.78, 5) is 38.0. The molecule has 0 aromatic carbocycles. The van der Waals surface area contributed by atoms with Crippen LogP contribution >= 0.6 is 7.82 Å². The van der Waals surface area contributed by atoms with E-state index in [2.05, 4.69) is 13.8 Å². The van der Waals surface area contributed by atoms with Crippen molar-refractivity contribution in [2.45, 2.75) is 361 Å². The monoisotopic (exact) mass is 1370 g/mol. The van der Waals surface area contributed by atoms with Gasteiger partial charge in [-0.1, -0.05) is 200 Å². The van der Waals surface area contributed by atoms with Crippen molar-refractivity contribution < 1.29 is 137 Å². The molecule has 0 spiro atoms. The van der Waals surface area contributed by atoms with Crippen LogP contribution in [0, 0.1) is 0 Å². The van der Waals surface area contributed by atoms with Crippen molar-refractivity contribution >= 4 is 19.8 Å². The normalized spacial score (nSPS) is 33.5. The molecule has 28 nitrogen and oxygen atoms in total. The smallest absolute Gasteiger partial charge is 0.462 e. The molecule has 23 atom stereocenters. The van der Waals surface area contributed by atoms with Crippen LogP contribution in [0.4, 0.5) is 0 Å². The van der Waals surface area contributed by atoms with Gasteiger partial charge in [-0.05, 0) is 12.8 Å². The SMILES string of the molecule is CCCCCCCCCCCCCCCCCCC(=O)OC[C@H](COP(=O)(O)O[C@@H]1C(O[C@@H]2OC(CO[C@@H]3OC(CO)[C@H](O)C(O)[C@@H]3O)[C@H](O)C(O)[C@@H]2O)C(O)[C@@H](O)C(O)[C@H]1O[C@H]1OC(CO)[C@@H](O)C(O)[C@H]1O)OC(=O)CCCCCCCCCCCCCCCCC. The molecule has 4 aliphatic rings. The summed E-state index contributed by atoms with van der Waals surface area (Å²) in [6, 6.07) is 0. The van der Waals surface area contributed by atoms with Crippen molar-refractivity contribution in [1.82, 2.24) is 0 Å². The lowest BCUT2D eigenvalue weighted by atomic mass is 9.84. The van der Waals surface area contributed by atoms with E-state index in [4.69, 9.17) is 46.9 Å². The van der Waals surface area contributed by atoms with Gasteiger partial charge >= 0.3 is 19.8 Å². The average Bonchev–Trinajstić information content (AvgIpc) is 0.771. The first kappa shape index (κ1) is 83.7. The van der Waals surface area contributed by atoms with Crippen LogP contribution in [-0.4, -0.2) is 256 Å². The molecule has 0 bridgehead atoms. The maximum Gasteiger partial charge on any atom is 0.472 e. The first-order valence-corrected chi connectivity index (χ1v) is 36.4. The Morgan fingerprint density at radius 2 is 0.710 bits per heavy atom. The fourth-order valence-corrected chi connectivity index (χ4v) is 13.1. The maximum atomic E-state index is 14.3. The highest BCUT2D eigenvalue weighted by Crippen LogP contribution is 2.49. The van der Waals surface area contributed by atoms with Crippen LogP contribution in [0.1, 0.15) is 226 Å². The van der Waals surface area contributed by atoms with Crippen molar-refractivity contribution in [3.8, 4) is 0 Å². The first-order chi connectivity index (χ1) is 44.6. The lowest BCUT2D eigenvalue weighted by Crippen LogP contribution is -2.69. The van der Waals surface area contributed by atoms with Crippen molar-refractivity contribution in [3.05, 3.63) is 0 Å². The molecule has 0 radical (unpaired) electrons. The number of phosphoric acid groups is 1. The van der Waals surface area contributed by atoms with Gasteiger partial charge in [-0.15, -0.1) is 0 Å². The van der Waals surface area contributed by atoms with Gasteiger partial charge in [0.1, 0.15) is 116 Å². The summed E-state index contributed by atoms with van der Waals surface area (Å²) in [5.74, 6) is -1.39. The summed E-state index contributed by atoms with van der Waals surface area (Å²) in [6.07, 6.45) is -10.7. The highest BCUT2D eigenvalue weighted by atomic mass is 31.2. The van der Waals surface area contributed by atoms with Gasteiger partial charge in [0.2, 0.25) is 0 Å². The number of hydrogen-bond donors (Lipinski definition) is 15. The molecule has 4 rings (SSSR count). The van der Waals surface area contributed by atoms with Crippen molar-refractivity contribution in [1.29, 1.82) is 0 Å². The molecular weight excluding hydrogens is 1250 g/mol. The zero-order valence-electron chi connectivity index (χ0n) is 55.0. The lowest BCUT2D eigenvalue weighted by molar-refractivity contribution is -0.364.